The Balaban J connectivity index is 1.96. The number of likely N-dealkylation sites (N-methyl/N-ethyl adjacent to an activating group) is 1. The highest BCUT2D eigenvalue weighted by Gasteiger charge is 2.36. The minimum Gasteiger partial charge on any atom is -0.507 e. The number of amides is 3. The first-order chi connectivity index (χ1) is 30.3. The lowest BCUT2D eigenvalue weighted by molar-refractivity contribution is -0.144. The number of carbonyl (C=O) groups excluding carboxylic acids is 6. The number of unbranched alkanes of at least 4 members (excludes halogenated alkanes) is 11. The number of carbonyl (C=O) groups is 6. The molecular weight excluding hydrogens is 799 g/mol. The van der Waals surface area contributed by atoms with E-state index in [1.165, 1.54) is 55.9 Å². The molecule has 0 fully saturated rings. The van der Waals surface area contributed by atoms with Crippen LogP contribution in [0.3, 0.4) is 0 Å². The number of ketones is 3. The van der Waals surface area contributed by atoms with E-state index < -0.39 is 47.6 Å². The van der Waals surface area contributed by atoms with Crippen molar-refractivity contribution in [1.82, 2.24) is 15.5 Å². The lowest BCUT2D eigenvalue weighted by Gasteiger charge is -2.32. The first-order valence-electron chi connectivity index (χ1n) is 23.7. The van der Waals surface area contributed by atoms with E-state index in [4.69, 9.17) is 16.2 Å². The SMILES string of the molecule is CCCCCCCCCCCCCC(=O)C[C@@H](CCCCN)C(=O)N(C)[C@@H]1C(=O)C[C@@H](C)C(=O)N[C@H](C(=O)N[C@@H](C)C(=O)CC)Cc2ccc(OCCN)c(c2)-c2cc1ccc2O. The van der Waals surface area contributed by atoms with Crippen LogP contribution in [-0.4, -0.2) is 83.9 Å². The Morgan fingerprint density at radius 1 is 0.857 bits per heavy atom. The lowest BCUT2D eigenvalue weighted by atomic mass is 9.88. The fourth-order valence-electron chi connectivity index (χ4n) is 8.37. The summed E-state index contributed by atoms with van der Waals surface area (Å²) in [7, 11) is 1.55. The van der Waals surface area contributed by atoms with Crippen molar-refractivity contribution >= 4 is 35.1 Å². The first kappa shape index (κ1) is 52.7. The highest BCUT2D eigenvalue weighted by molar-refractivity contribution is 5.97. The van der Waals surface area contributed by atoms with Crippen molar-refractivity contribution in [2.75, 3.05) is 26.7 Å². The summed E-state index contributed by atoms with van der Waals surface area (Å²) in [5, 5.41) is 16.9. The standard InChI is InChI=1S/C50H77N5O8/c1-6-8-9-10-11-12-13-14-15-16-17-21-39(56)32-38(20-18-19-26-51)50(62)55(5)47-37-23-24-44(58)40(33-37)41-30-36(22-25-46(41)63-28-27-52)31-42(49(61)53-35(4)43(57)7-2)54-48(60)34(3)29-45(47)59/h22-25,30,33-35,38,42,47,58H,6-21,26-29,31-32,51-52H2,1-5H3,(H,53,61)(H,54,60)/t34-,35+,38-,42+,47+/m1/s1. The molecule has 3 rings (SSSR count). The van der Waals surface area contributed by atoms with E-state index >= 15 is 0 Å². The average molecular weight is 876 g/mol. The molecule has 13 nitrogen and oxygen atoms in total. The zero-order valence-electron chi connectivity index (χ0n) is 38.8. The number of benzene rings is 2. The zero-order chi connectivity index (χ0) is 46.3. The van der Waals surface area contributed by atoms with Crippen molar-refractivity contribution in [2.24, 2.45) is 23.3 Å². The number of aromatic hydroxyl groups is 1. The smallest absolute Gasteiger partial charge is 0.243 e. The van der Waals surface area contributed by atoms with Crippen LogP contribution in [0.4, 0.5) is 0 Å². The number of rotatable bonds is 27. The maximum Gasteiger partial charge on any atom is 0.243 e. The zero-order valence-corrected chi connectivity index (χ0v) is 38.8. The van der Waals surface area contributed by atoms with Gasteiger partial charge in [-0.2, -0.15) is 0 Å². The van der Waals surface area contributed by atoms with Crippen LogP contribution >= 0.6 is 0 Å². The van der Waals surface area contributed by atoms with Gasteiger partial charge in [-0.05, 0) is 68.1 Å². The molecule has 0 radical (unpaired) electrons. The molecule has 0 unspecified atom stereocenters. The van der Waals surface area contributed by atoms with Crippen LogP contribution in [0.2, 0.25) is 0 Å². The maximum atomic E-state index is 14.6. The number of phenolic OH excluding ortho intramolecular Hbond substituents is 1. The minimum absolute atomic E-state index is 0.0110. The minimum atomic E-state index is -1.19. The third-order valence-electron chi connectivity index (χ3n) is 12.2. The summed E-state index contributed by atoms with van der Waals surface area (Å²) >= 11 is 0. The average Bonchev–Trinajstić information content (AvgIpc) is 3.26. The van der Waals surface area contributed by atoms with E-state index in [1.807, 2.05) is 0 Å². The Kier molecular flexibility index (Phi) is 23.6. The number of nitrogens with one attached hydrogen (secondary N) is 2. The number of hydrogen-bond acceptors (Lipinski definition) is 10. The van der Waals surface area contributed by atoms with Crippen molar-refractivity contribution in [1.29, 1.82) is 0 Å². The summed E-state index contributed by atoms with van der Waals surface area (Å²) in [5.41, 5.74) is 13.4. The van der Waals surface area contributed by atoms with Gasteiger partial charge in [0.15, 0.2) is 11.6 Å². The normalized spacial score (nSPS) is 17.5. The van der Waals surface area contributed by atoms with Gasteiger partial charge in [-0.1, -0.05) is 104 Å². The van der Waals surface area contributed by atoms with E-state index in [0.29, 0.717) is 60.2 Å². The highest BCUT2D eigenvalue weighted by Crippen LogP contribution is 2.40. The molecule has 0 aliphatic carbocycles. The van der Waals surface area contributed by atoms with Crippen molar-refractivity contribution < 1.29 is 38.6 Å². The van der Waals surface area contributed by atoms with Crippen LogP contribution < -0.4 is 26.8 Å². The van der Waals surface area contributed by atoms with Crippen molar-refractivity contribution in [3.63, 3.8) is 0 Å². The topological polar surface area (TPSA) is 211 Å². The van der Waals surface area contributed by atoms with Gasteiger partial charge < -0.3 is 36.8 Å². The third kappa shape index (κ3) is 17.1. The van der Waals surface area contributed by atoms with Crippen LogP contribution in [0.25, 0.3) is 11.1 Å². The molecule has 0 saturated heterocycles. The molecule has 2 aromatic carbocycles. The highest BCUT2D eigenvalue weighted by atomic mass is 16.5. The second-order valence-corrected chi connectivity index (χ2v) is 17.5. The fourth-order valence-corrected chi connectivity index (χ4v) is 8.37. The molecule has 63 heavy (non-hydrogen) atoms. The molecule has 0 spiro atoms. The number of fused-ring (bicyclic) bond motifs is 5. The largest absolute Gasteiger partial charge is 0.507 e. The van der Waals surface area contributed by atoms with Gasteiger partial charge in [0, 0.05) is 68.7 Å². The fraction of sp³-hybridized carbons (Fsp3) is 0.640. The number of nitrogens with two attached hydrogens (primary N) is 2. The monoisotopic (exact) mass is 876 g/mol. The van der Waals surface area contributed by atoms with Crippen LogP contribution in [0.1, 0.15) is 160 Å². The molecular formula is C50H77N5O8. The Bertz CT molecular complexity index is 1800. The van der Waals surface area contributed by atoms with E-state index in [9.17, 15) is 33.9 Å². The lowest BCUT2D eigenvalue weighted by Crippen LogP contribution is -2.52. The van der Waals surface area contributed by atoms with E-state index in [-0.39, 0.29) is 62.1 Å². The van der Waals surface area contributed by atoms with E-state index in [2.05, 4.69) is 17.6 Å². The van der Waals surface area contributed by atoms with Gasteiger partial charge in [0.05, 0.1) is 6.04 Å². The van der Waals surface area contributed by atoms with Crippen molar-refractivity contribution in [3.8, 4) is 22.6 Å². The molecule has 13 heteroatoms. The van der Waals surface area contributed by atoms with Crippen molar-refractivity contribution in [2.45, 2.75) is 168 Å². The van der Waals surface area contributed by atoms with E-state index in [0.717, 1.165) is 25.7 Å². The first-order valence-corrected chi connectivity index (χ1v) is 23.7. The summed E-state index contributed by atoms with van der Waals surface area (Å²) in [5.74, 6) is -3.42. The van der Waals surface area contributed by atoms with Crippen LogP contribution in [0.15, 0.2) is 36.4 Å². The summed E-state index contributed by atoms with van der Waals surface area (Å²) in [6.45, 7) is 7.92. The van der Waals surface area contributed by atoms with Gasteiger partial charge in [0.25, 0.3) is 0 Å². The van der Waals surface area contributed by atoms with Gasteiger partial charge in [0.2, 0.25) is 17.7 Å². The molecule has 0 aromatic heterocycles. The molecule has 2 aromatic rings. The molecule has 1 aliphatic heterocycles. The molecule has 5 atom stereocenters. The van der Waals surface area contributed by atoms with Gasteiger partial charge in [-0.25, -0.2) is 0 Å². The third-order valence-corrected chi connectivity index (χ3v) is 12.2. The van der Waals surface area contributed by atoms with Gasteiger partial charge >= 0.3 is 0 Å². The maximum absolute atomic E-state index is 14.6. The molecule has 7 N–H and O–H groups in total. The molecule has 1 aliphatic rings. The van der Waals surface area contributed by atoms with Crippen LogP contribution in [0, 0.1) is 11.8 Å². The summed E-state index contributed by atoms with van der Waals surface area (Å²) in [4.78, 5) is 84.0. The predicted molar refractivity (Wildman–Crippen MR) is 248 cm³/mol. The molecule has 3 amide bonds. The Labute approximate surface area is 376 Å². The summed E-state index contributed by atoms with van der Waals surface area (Å²) in [6.07, 6.45) is 15.0. The second kappa shape index (κ2) is 28.2. The molecule has 0 saturated carbocycles. The quantitative estimate of drug-likeness (QED) is 0.0561. The number of ether oxygens (including phenoxy) is 1. The van der Waals surface area contributed by atoms with Crippen molar-refractivity contribution in [3.05, 3.63) is 47.5 Å². The second-order valence-electron chi connectivity index (χ2n) is 17.5. The Hall–Kier alpha value is -4.62. The predicted octanol–water partition coefficient (Wildman–Crippen LogP) is 7.42. The Morgan fingerprint density at radius 3 is 2.16 bits per heavy atom. The van der Waals surface area contributed by atoms with Gasteiger partial charge in [-0.3, -0.25) is 28.8 Å². The number of Topliss-reactive ketones (excluding diaryl/α,β-unsaturated/α-hetero) is 3. The van der Waals surface area contributed by atoms with Crippen LogP contribution in [0.5, 0.6) is 11.5 Å². The number of hydrogen-bond donors (Lipinski definition) is 5. The summed E-state index contributed by atoms with van der Waals surface area (Å²) < 4.78 is 6.01. The number of nitrogens with zero attached hydrogens (tertiary/aromatic N) is 1. The Morgan fingerprint density at radius 2 is 1.52 bits per heavy atom. The molecule has 4 bridgehead atoms. The van der Waals surface area contributed by atoms with Gasteiger partial charge in [0.1, 0.15) is 36.0 Å². The molecule has 1 heterocycles. The van der Waals surface area contributed by atoms with Gasteiger partial charge in [-0.15, -0.1) is 0 Å². The number of phenols is 1. The van der Waals surface area contributed by atoms with Crippen LogP contribution in [-0.2, 0) is 35.2 Å². The van der Waals surface area contributed by atoms with E-state index in [1.54, 1.807) is 58.2 Å². The summed E-state index contributed by atoms with van der Waals surface area (Å²) in [6, 6.07) is 6.79. The molecule has 350 valence electrons.